The molecule has 1 aliphatic heterocycles. The van der Waals surface area contributed by atoms with Crippen molar-refractivity contribution in [3.05, 3.63) is 64.6 Å². The Labute approximate surface area is 168 Å². The molecule has 6 nitrogen and oxygen atoms in total. The highest BCUT2D eigenvalue weighted by Crippen LogP contribution is 2.28. The number of anilines is 1. The number of aliphatic imine (C=N–C) groups is 1. The topological polar surface area (TPSA) is 71.0 Å². The van der Waals surface area contributed by atoms with Crippen LogP contribution in [0.4, 0.5) is 11.4 Å². The van der Waals surface area contributed by atoms with Gasteiger partial charge in [-0.2, -0.15) is 0 Å². The third-order valence-electron chi connectivity index (χ3n) is 3.97. The molecule has 1 saturated heterocycles. The third kappa shape index (κ3) is 4.80. The summed E-state index contributed by atoms with van der Waals surface area (Å²) in [4.78, 5) is 30.9. The number of thioether (sulfide) groups is 1. The first-order valence-electron chi connectivity index (χ1n) is 8.80. The summed E-state index contributed by atoms with van der Waals surface area (Å²) < 4.78 is 4.96. The number of carbonyl (C=O) groups is 2. The lowest BCUT2D eigenvalue weighted by Crippen LogP contribution is -2.19. The predicted molar refractivity (Wildman–Crippen MR) is 114 cm³/mol. The van der Waals surface area contributed by atoms with E-state index < -0.39 is 0 Å². The number of amidine groups is 1. The number of ether oxygens (including phenoxy) is 1. The van der Waals surface area contributed by atoms with Gasteiger partial charge in [0, 0.05) is 19.8 Å². The fourth-order valence-corrected chi connectivity index (χ4v) is 3.35. The summed E-state index contributed by atoms with van der Waals surface area (Å²) in [5.41, 5.74) is 3.16. The molecule has 0 saturated carbocycles. The Morgan fingerprint density at radius 2 is 1.82 bits per heavy atom. The molecular weight excluding hydrogens is 374 g/mol. The highest BCUT2D eigenvalue weighted by molar-refractivity contribution is 8.18. The van der Waals surface area contributed by atoms with Crippen LogP contribution in [0.25, 0.3) is 6.08 Å². The maximum atomic E-state index is 12.2. The monoisotopic (exact) mass is 395 g/mol. The van der Waals surface area contributed by atoms with Gasteiger partial charge in [-0.25, -0.2) is 9.79 Å². The fourth-order valence-electron chi connectivity index (χ4n) is 2.50. The number of hydrogen-bond donors (Lipinski definition) is 1. The second kappa shape index (κ2) is 8.75. The zero-order chi connectivity index (χ0) is 20.1. The van der Waals surface area contributed by atoms with Crippen molar-refractivity contribution in [1.29, 1.82) is 0 Å². The van der Waals surface area contributed by atoms with E-state index >= 15 is 0 Å². The van der Waals surface area contributed by atoms with Crippen LogP contribution in [0, 0.1) is 0 Å². The van der Waals surface area contributed by atoms with E-state index in [9.17, 15) is 9.59 Å². The number of rotatable bonds is 5. The zero-order valence-electron chi connectivity index (χ0n) is 15.9. The minimum Gasteiger partial charge on any atom is -0.462 e. The van der Waals surface area contributed by atoms with Crippen LogP contribution in [0.15, 0.2) is 58.4 Å². The average molecular weight is 395 g/mol. The van der Waals surface area contributed by atoms with Gasteiger partial charge >= 0.3 is 5.97 Å². The van der Waals surface area contributed by atoms with Gasteiger partial charge in [-0.3, -0.25) is 4.79 Å². The van der Waals surface area contributed by atoms with Crippen LogP contribution in [-0.4, -0.2) is 37.7 Å². The number of benzene rings is 2. The fraction of sp³-hybridized carbons (Fsp3) is 0.190. The summed E-state index contributed by atoms with van der Waals surface area (Å²) in [6.07, 6.45) is 1.84. The van der Waals surface area contributed by atoms with E-state index in [-0.39, 0.29) is 11.9 Å². The van der Waals surface area contributed by atoms with E-state index in [4.69, 9.17) is 4.74 Å². The Bertz CT molecular complexity index is 932. The van der Waals surface area contributed by atoms with Crippen molar-refractivity contribution in [3.63, 3.8) is 0 Å². The van der Waals surface area contributed by atoms with E-state index in [1.54, 1.807) is 31.2 Å². The molecule has 0 bridgehead atoms. The predicted octanol–water partition coefficient (Wildman–Crippen LogP) is 3.82. The van der Waals surface area contributed by atoms with E-state index in [1.165, 1.54) is 11.8 Å². The molecule has 1 N–H and O–H groups in total. The molecule has 0 aliphatic carbocycles. The van der Waals surface area contributed by atoms with Crippen molar-refractivity contribution < 1.29 is 14.3 Å². The standard InChI is InChI=1S/C21H21N3O3S/c1-4-27-20(26)15-7-9-16(10-8-15)22-21-23-19(25)18(28-21)13-14-5-11-17(12-6-14)24(2)3/h5-13H,4H2,1-3H3,(H,22,23,25). The van der Waals surface area contributed by atoms with Gasteiger partial charge in [0.15, 0.2) is 5.17 Å². The van der Waals surface area contributed by atoms with Crippen LogP contribution in [0.5, 0.6) is 0 Å². The molecule has 28 heavy (non-hydrogen) atoms. The molecule has 3 rings (SSSR count). The molecule has 1 aliphatic rings. The van der Waals surface area contributed by atoms with Crippen molar-refractivity contribution in [2.75, 3.05) is 25.6 Å². The summed E-state index contributed by atoms with van der Waals surface area (Å²) in [5, 5.41) is 3.27. The van der Waals surface area contributed by atoms with Crippen LogP contribution in [-0.2, 0) is 9.53 Å². The second-order valence-corrected chi connectivity index (χ2v) is 7.27. The minimum atomic E-state index is -0.365. The zero-order valence-corrected chi connectivity index (χ0v) is 16.7. The molecule has 0 radical (unpaired) electrons. The Morgan fingerprint density at radius 3 is 2.43 bits per heavy atom. The number of amides is 1. The van der Waals surface area contributed by atoms with E-state index in [2.05, 4.69) is 10.3 Å². The van der Waals surface area contributed by atoms with Gasteiger partial charge in [0.05, 0.1) is 22.8 Å². The van der Waals surface area contributed by atoms with Gasteiger partial charge in [-0.15, -0.1) is 0 Å². The van der Waals surface area contributed by atoms with Gasteiger partial charge in [-0.1, -0.05) is 12.1 Å². The molecule has 0 atom stereocenters. The van der Waals surface area contributed by atoms with Gasteiger partial charge < -0.3 is 15.0 Å². The molecule has 0 spiro atoms. The normalized spacial score (nSPS) is 16.3. The first-order valence-corrected chi connectivity index (χ1v) is 9.62. The highest BCUT2D eigenvalue weighted by atomic mass is 32.2. The molecule has 0 unspecified atom stereocenters. The van der Waals surface area contributed by atoms with E-state index in [0.717, 1.165) is 11.3 Å². The average Bonchev–Trinajstić information content (AvgIpc) is 3.01. The summed E-state index contributed by atoms with van der Waals surface area (Å²) in [6.45, 7) is 2.10. The van der Waals surface area contributed by atoms with Crippen molar-refractivity contribution in [1.82, 2.24) is 5.32 Å². The van der Waals surface area contributed by atoms with Crippen LogP contribution < -0.4 is 10.2 Å². The van der Waals surface area contributed by atoms with Crippen molar-refractivity contribution >= 4 is 46.3 Å². The molecule has 7 heteroatoms. The number of esters is 1. The third-order valence-corrected chi connectivity index (χ3v) is 4.88. The highest BCUT2D eigenvalue weighted by Gasteiger charge is 2.23. The molecule has 2 aromatic carbocycles. The van der Waals surface area contributed by atoms with Crippen LogP contribution in [0.3, 0.4) is 0 Å². The van der Waals surface area contributed by atoms with Crippen molar-refractivity contribution in [2.45, 2.75) is 6.92 Å². The lowest BCUT2D eigenvalue weighted by molar-refractivity contribution is -0.115. The van der Waals surface area contributed by atoms with Gasteiger partial charge in [0.2, 0.25) is 0 Å². The molecule has 144 valence electrons. The first kappa shape index (κ1) is 19.7. The Morgan fingerprint density at radius 1 is 1.14 bits per heavy atom. The van der Waals surface area contributed by atoms with Crippen LogP contribution >= 0.6 is 11.8 Å². The second-order valence-electron chi connectivity index (χ2n) is 6.24. The molecule has 2 aromatic rings. The minimum absolute atomic E-state index is 0.177. The Hall–Kier alpha value is -3.06. The SMILES string of the molecule is CCOC(=O)c1ccc(N=C2NC(=O)C(=Cc3ccc(N(C)C)cc3)S2)cc1. The Balaban J connectivity index is 1.72. The number of nitrogens with zero attached hydrogens (tertiary/aromatic N) is 2. The lowest BCUT2D eigenvalue weighted by Gasteiger charge is -2.11. The van der Waals surface area contributed by atoms with Crippen LogP contribution in [0.1, 0.15) is 22.8 Å². The molecular formula is C21H21N3O3S. The smallest absolute Gasteiger partial charge is 0.338 e. The van der Waals surface area contributed by atoms with Gasteiger partial charge in [0.1, 0.15) is 0 Å². The van der Waals surface area contributed by atoms with Gasteiger partial charge in [-0.05, 0) is 66.7 Å². The van der Waals surface area contributed by atoms with E-state index in [0.29, 0.717) is 27.9 Å². The summed E-state index contributed by atoms with van der Waals surface area (Å²) >= 11 is 1.29. The number of hydrogen-bond acceptors (Lipinski definition) is 6. The molecule has 1 fully saturated rings. The number of nitrogens with one attached hydrogen (secondary N) is 1. The lowest BCUT2D eigenvalue weighted by atomic mass is 10.2. The van der Waals surface area contributed by atoms with Crippen molar-refractivity contribution in [3.8, 4) is 0 Å². The molecule has 0 aromatic heterocycles. The summed E-state index contributed by atoms with van der Waals surface area (Å²) in [7, 11) is 3.96. The summed E-state index contributed by atoms with van der Waals surface area (Å²) in [6, 6.07) is 14.7. The Kier molecular flexibility index (Phi) is 6.16. The maximum absolute atomic E-state index is 12.2. The number of carbonyl (C=O) groups excluding carboxylic acids is 2. The quantitative estimate of drug-likeness (QED) is 0.616. The van der Waals surface area contributed by atoms with Crippen LogP contribution in [0.2, 0.25) is 0 Å². The molecule has 1 heterocycles. The summed E-state index contributed by atoms with van der Waals surface area (Å²) in [5.74, 6) is -0.542. The van der Waals surface area contributed by atoms with E-state index in [1.807, 2.05) is 49.3 Å². The first-order chi connectivity index (χ1) is 13.5. The van der Waals surface area contributed by atoms with Gasteiger partial charge in [0.25, 0.3) is 5.91 Å². The molecule has 1 amide bonds. The maximum Gasteiger partial charge on any atom is 0.338 e. The van der Waals surface area contributed by atoms with Crippen molar-refractivity contribution in [2.24, 2.45) is 4.99 Å². The largest absolute Gasteiger partial charge is 0.462 e.